The first-order valence-corrected chi connectivity index (χ1v) is 20.1. The first-order chi connectivity index (χ1) is 29.3. The zero-order valence-electron chi connectivity index (χ0n) is 31.9. The summed E-state index contributed by atoms with van der Waals surface area (Å²) in [7, 11) is 0. The van der Waals surface area contributed by atoms with E-state index in [1.54, 1.807) is 6.20 Å². The summed E-state index contributed by atoms with van der Waals surface area (Å²) in [6.07, 6.45) is 8.31. The number of hydrogen-bond acceptors (Lipinski definition) is 3. The molecular formula is C52H33BN6. The monoisotopic (exact) mass is 752 g/mol. The van der Waals surface area contributed by atoms with Crippen LogP contribution in [0.15, 0.2) is 177 Å². The Morgan fingerprint density at radius 1 is 0.610 bits per heavy atom. The van der Waals surface area contributed by atoms with Gasteiger partial charge in [0.15, 0.2) is 5.65 Å². The highest BCUT2D eigenvalue weighted by Crippen LogP contribution is 2.44. The highest BCUT2D eigenvalue weighted by atomic mass is 15.2. The van der Waals surface area contributed by atoms with Crippen LogP contribution in [-0.4, -0.2) is 35.4 Å². The van der Waals surface area contributed by atoms with Gasteiger partial charge in [-0.25, -0.2) is 4.98 Å². The van der Waals surface area contributed by atoms with Gasteiger partial charge >= 0.3 is 0 Å². The lowest BCUT2D eigenvalue weighted by molar-refractivity contribution is 1.04. The van der Waals surface area contributed by atoms with Gasteiger partial charge < -0.3 is 4.57 Å². The van der Waals surface area contributed by atoms with E-state index in [1.807, 2.05) is 24.5 Å². The van der Waals surface area contributed by atoms with Gasteiger partial charge in [-0.1, -0.05) is 109 Å². The van der Waals surface area contributed by atoms with Gasteiger partial charge in [0.1, 0.15) is 11.2 Å². The molecule has 0 radical (unpaired) electrons. The van der Waals surface area contributed by atoms with Crippen LogP contribution in [0.1, 0.15) is 16.8 Å². The van der Waals surface area contributed by atoms with E-state index in [9.17, 15) is 0 Å². The number of fused-ring (bicyclic) bond motifs is 10. The first kappa shape index (κ1) is 32.3. The molecule has 11 aromatic rings. The molecule has 0 fully saturated rings. The van der Waals surface area contributed by atoms with E-state index in [4.69, 9.17) is 15.0 Å². The fourth-order valence-corrected chi connectivity index (χ4v) is 10.5. The minimum absolute atomic E-state index is 0.00821. The number of benzene rings is 6. The van der Waals surface area contributed by atoms with Crippen molar-refractivity contribution < 1.29 is 0 Å². The third-order valence-corrected chi connectivity index (χ3v) is 12.7. The molecule has 7 heterocycles. The average molecular weight is 753 g/mol. The quantitative estimate of drug-likeness (QED) is 0.165. The topological polar surface area (TPSA) is 53.5 Å². The molecule has 0 unspecified atom stereocenters. The highest BCUT2D eigenvalue weighted by molar-refractivity contribution is 6.99. The van der Waals surface area contributed by atoms with E-state index >= 15 is 0 Å². The molecule has 274 valence electrons. The van der Waals surface area contributed by atoms with E-state index in [0.717, 1.165) is 56.9 Å². The molecule has 5 aromatic heterocycles. The Labute approximate surface area is 340 Å². The molecule has 59 heavy (non-hydrogen) atoms. The van der Waals surface area contributed by atoms with Crippen LogP contribution in [0.3, 0.4) is 0 Å². The SMILES string of the molecule is C=Cc1c(-c2cccc3c2Cc2cc(-c4ccccn4)cc4c2B3c2cccc3c5c6nccnc6n(-c6ccccc6)c5n-4c23)c2ccccc2n1-c1ccccc1. The molecule has 13 rings (SSSR count). The maximum absolute atomic E-state index is 5.02. The zero-order valence-corrected chi connectivity index (χ0v) is 31.9. The third kappa shape index (κ3) is 4.33. The Morgan fingerprint density at radius 2 is 1.34 bits per heavy atom. The summed E-state index contributed by atoms with van der Waals surface area (Å²) in [5.41, 5.74) is 20.8. The van der Waals surface area contributed by atoms with Crippen LogP contribution in [0.5, 0.6) is 0 Å². The second-order valence-corrected chi connectivity index (χ2v) is 15.6. The maximum atomic E-state index is 5.02. The van der Waals surface area contributed by atoms with Crippen molar-refractivity contribution >= 4 is 73.2 Å². The van der Waals surface area contributed by atoms with Crippen molar-refractivity contribution in [2.45, 2.75) is 6.42 Å². The minimum Gasteiger partial charge on any atom is -0.309 e. The lowest BCUT2D eigenvalue weighted by Crippen LogP contribution is -2.60. The molecule has 0 N–H and O–H groups in total. The second-order valence-electron chi connectivity index (χ2n) is 15.6. The molecule has 0 amide bonds. The van der Waals surface area contributed by atoms with Gasteiger partial charge in [0.05, 0.1) is 27.8 Å². The molecule has 0 bridgehead atoms. The van der Waals surface area contributed by atoms with Crippen LogP contribution in [0.2, 0.25) is 0 Å². The summed E-state index contributed by atoms with van der Waals surface area (Å²) in [5.74, 6) is 0. The number of nitrogens with zero attached hydrogens (tertiary/aromatic N) is 6. The second kappa shape index (κ2) is 12.1. The van der Waals surface area contributed by atoms with Crippen LogP contribution >= 0.6 is 0 Å². The average Bonchev–Trinajstić information content (AvgIpc) is 3.94. The molecule has 2 aliphatic heterocycles. The van der Waals surface area contributed by atoms with Crippen LogP contribution in [0, 0.1) is 0 Å². The highest BCUT2D eigenvalue weighted by Gasteiger charge is 2.41. The van der Waals surface area contributed by atoms with Crippen molar-refractivity contribution in [3.8, 4) is 39.4 Å². The third-order valence-electron chi connectivity index (χ3n) is 12.7. The van der Waals surface area contributed by atoms with Gasteiger partial charge in [0, 0.05) is 57.6 Å². The Balaban J connectivity index is 1.16. The predicted molar refractivity (Wildman–Crippen MR) is 243 cm³/mol. The molecule has 0 atom stereocenters. The maximum Gasteiger partial charge on any atom is 0.247 e. The first-order valence-electron chi connectivity index (χ1n) is 20.1. The summed E-state index contributed by atoms with van der Waals surface area (Å²) in [4.78, 5) is 14.9. The normalized spacial score (nSPS) is 12.7. The van der Waals surface area contributed by atoms with E-state index in [-0.39, 0.29) is 6.71 Å². The Morgan fingerprint density at radius 3 is 2.15 bits per heavy atom. The summed E-state index contributed by atoms with van der Waals surface area (Å²) >= 11 is 0. The fourth-order valence-electron chi connectivity index (χ4n) is 10.5. The van der Waals surface area contributed by atoms with E-state index in [1.165, 1.54) is 66.1 Å². The van der Waals surface area contributed by atoms with Gasteiger partial charge in [-0.2, -0.15) is 0 Å². The lowest BCUT2D eigenvalue weighted by atomic mass is 9.32. The molecular weight excluding hydrogens is 719 g/mol. The van der Waals surface area contributed by atoms with E-state index in [2.05, 4.69) is 166 Å². The van der Waals surface area contributed by atoms with Gasteiger partial charge in [-0.3, -0.25) is 19.1 Å². The van der Waals surface area contributed by atoms with E-state index < -0.39 is 0 Å². The number of hydrogen-bond donors (Lipinski definition) is 0. The van der Waals surface area contributed by atoms with Gasteiger partial charge in [0.2, 0.25) is 6.71 Å². The Kier molecular flexibility index (Phi) is 6.64. The number of para-hydroxylation sites is 4. The molecule has 0 saturated carbocycles. The van der Waals surface area contributed by atoms with Gasteiger partial charge in [0.25, 0.3) is 0 Å². The largest absolute Gasteiger partial charge is 0.309 e. The lowest BCUT2D eigenvalue weighted by Gasteiger charge is -2.35. The van der Waals surface area contributed by atoms with Crippen LogP contribution in [0.25, 0.3) is 89.5 Å². The van der Waals surface area contributed by atoms with Crippen molar-refractivity contribution in [2.75, 3.05) is 0 Å². The smallest absolute Gasteiger partial charge is 0.247 e. The fraction of sp³-hybridized carbons (Fsp3) is 0.0192. The number of rotatable bonds is 5. The zero-order chi connectivity index (χ0) is 38.8. The Hall–Kier alpha value is -7.77. The molecule has 6 aromatic carbocycles. The van der Waals surface area contributed by atoms with Crippen LogP contribution < -0.4 is 16.4 Å². The summed E-state index contributed by atoms with van der Waals surface area (Å²) in [6, 6.07) is 54.8. The molecule has 2 aliphatic rings. The van der Waals surface area contributed by atoms with Crippen molar-refractivity contribution in [2.24, 2.45) is 0 Å². The van der Waals surface area contributed by atoms with Crippen molar-refractivity contribution in [3.05, 3.63) is 194 Å². The van der Waals surface area contributed by atoms with Crippen molar-refractivity contribution in [3.63, 3.8) is 0 Å². The summed E-state index contributed by atoms with van der Waals surface area (Å²) < 4.78 is 7.17. The minimum atomic E-state index is 0.00821. The summed E-state index contributed by atoms with van der Waals surface area (Å²) in [6.45, 7) is 4.43. The molecule has 7 heteroatoms. The standard InChI is InChI=1S/C52H33BN6/c1-2-43-46(37-19-9-10-25-44(37)57(43)34-15-5-3-6-16-34)36-20-13-22-40-39(36)30-33-29-32(42-24-11-12-26-54-42)31-45-48(33)53(40)41-23-14-21-38-47-49-51(56-28-27-55-49)58(35-17-7-4-8-18-35)52(47)59(45)50(38)41/h2-29,31H,1,30H2. The number of pyridine rings is 1. The van der Waals surface area contributed by atoms with Crippen LogP contribution in [-0.2, 0) is 6.42 Å². The van der Waals surface area contributed by atoms with Gasteiger partial charge in [-0.05, 0) is 94.7 Å². The van der Waals surface area contributed by atoms with Crippen molar-refractivity contribution in [1.29, 1.82) is 0 Å². The molecule has 0 spiro atoms. The van der Waals surface area contributed by atoms with Crippen LogP contribution in [0.4, 0.5) is 0 Å². The molecule has 0 saturated heterocycles. The number of aromatic nitrogens is 6. The predicted octanol–water partition coefficient (Wildman–Crippen LogP) is 9.57. The van der Waals surface area contributed by atoms with Crippen molar-refractivity contribution in [1.82, 2.24) is 28.7 Å². The molecule has 6 nitrogen and oxygen atoms in total. The van der Waals surface area contributed by atoms with Gasteiger partial charge in [-0.15, -0.1) is 0 Å². The summed E-state index contributed by atoms with van der Waals surface area (Å²) in [5, 5.41) is 3.50. The molecule has 0 aliphatic carbocycles. The Bertz CT molecular complexity index is 3540. The van der Waals surface area contributed by atoms with E-state index in [0.29, 0.717) is 0 Å².